The molecule has 98 valence electrons. The summed E-state index contributed by atoms with van der Waals surface area (Å²) >= 11 is 0. The number of ether oxygens (including phenoxy) is 1. The SMILES string of the molecule is C=CCOC(=O)[C@H](C)Nc1cc(C)cc(C)c1C. The molecule has 0 heterocycles. The van der Waals surface area contributed by atoms with Crippen molar-refractivity contribution in [3.05, 3.63) is 41.5 Å². The van der Waals surface area contributed by atoms with Crippen molar-refractivity contribution in [2.45, 2.75) is 33.7 Å². The third kappa shape index (κ3) is 3.62. The second-order valence-corrected chi connectivity index (χ2v) is 4.54. The Hall–Kier alpha value is -1.77. The van der Waals surface area contributed by atoms with E-state index in [2.05, 4.69) is 24.9 Å². The molecule has 1 aromatic rings. The first-order valence-corrected chi connectivity index (χ1v) is 6.07. The molecule has 0 aliphatic heterocycles. The highest BCUT2D eigenvalue weighted by molar-refractivity contribution is 5.79. The van der Waals surface area contributed by atoms with Crippen LogP contribution < -0.4 is 5.32 Å². The summed E-state index contributed by atoms with van der Waals surface area (Å²) in [4.78, 5) is 11.7. The Kier molecular flexibility index (Phi) is 4.95. The molecule has 0 aromatic heterocycles. The van der Waals surface area contributed by atoms with Crippen molar-refractivity contribution in [2.24, 2.45) is 0 Å². The molecule has 1 atom stereocenters. The minimum Gasteiger partial charge on any atom is -0.460 e. The van der Waals surface area contributed by atoms with Gasteiger partial charge in [-0.3, -0.25) is 0 Å². The first kappa shape index (κ1) is 14.3. The van der Waals surface area contributed by atoms with Crippen LogP contribution >= 0.6 is 0 Å². The molecule has 1 rings (SSSR count). The van der Waals surface area contributed by atoms with Crippen molar-refractivity contribution in [3.8, 4) is 0 Å². The Morgan fingerprint density at radius 3 is 2.72 bits per heavy atom. The van der Waals surface area contributed by atoms with E-state index in [-0.39, 0.29) is 18.6 Å². The van der Waals surface area contributed by atoms with Gasteiger partial charge < -0.3 is 10.1 Å². The van der Waals surface area contributed by atoms with Gasteiger partial charge >= 0.3 is 5.97 Å². The van der Waals surface area contributed by atoms with E-state index in [4.69, 9.17) is 4.74 Å². The molecule has 3 nitrogen and oxygen atoms in total. The van der Waals surface area contributed by atoms with Crippen molar-refractivity contribution >= 4 is 11.7 Å². The van der Waals surface area contributed by atoms with E-state index in [1.54, 1.807) is 13.0 Å². The van der Waals surface area contributed by atoms with Gasteiger partial charge in [0.1, 0.15) is 12.6 Å². The molecule has 1 N–H and O–H groups in total. The number of aryl methyl sites for hydroxylation is 2. The Balaban J connectivity index is 2.78. The highest BCUT2D eigenvalue weighted by atomic mass is 16.5. The lowest BCUT2D eigenvalue weighted by molar-refractivity contribution is -0.142. The van der Waals surface area contributed by atoms with E-state index in [0.717, 1.165) is 11.3 Å². The Labute approximate surface area is 109 Å². The van der Waals surface area contributed by atoms with Gasteiger partial charge in [-0.25, -0.2) is 4.79 Å². The molecule has 0 saturated heterocycles. The van der Waals surface area contributed by atoms with Crippen molar-refractivity contribution in [1.82, 2.24) is 0 Å². The van der Waals surface area contributed by atoms with E-state index in [0.29, 0.717) is 0 Å². The van der Waals surface area contributed by atoms with Crippen LogP contribution in [0.2, 0.25) is 0 Å². The van der Waals surface area contributed by atoms with Crippen LogP contribution in [0.3, 0.4) is 0 Å². The summed E-state index contributed by atoms with van der Waals surface area (Å²) in [6.07, 6.45) is 1.56. The third-order valence-electron chi connectivity index (χ3n) is 2.88. The lowest BCUT2D eigenvalue weighted by atomic mass is 10.0. The topological polar surface area (TPSA) is 38.3 Å². The number of nitrogens with one attached hydrogen (secondary N) is 1. The summed E-state index contributed by atoms with van der Waals surface area (Å²) in [5, 5.41) is 3.19. The molecule has 0 aliphatic carbocycles. The average molecular weight is 247 g/mol. The zero-order chi connectivity index (χ0) is 13.7. The van der Waals surface area contributed by atoms with Gasteiger partial charge in [0.05, 0.1) is 0 Å². The first-order valence-electron chi connectivity index (χ1n) is 6.07. The summed E-state index contributed by atoms with van der Waals surface area (Å²) in [6.45, 7) is 11.7. The molecule has 0 bridgehead atoms. The maximum Gasteiger partial charge on any atom is 0.328 e. The predicted octanol–water partition coefficient (Wildman–Crippen LogP) is 3.14. The molecule has 0 aliphatic rings. The van der Waals surface area contributed by atoms with Gasteiger partial charge in [0, 0.05) is 5.69 Å². The molecule has 0 unspecified atom stereocenters. The molecule has 3 heteroatoms. The molecule has 1 aromatic carbocycles. The number of rotatable bonds is 5. The van der Waals surface area contributed by atoms with Crippen LogP contribution in [0.15, 0.2) is 24.8 Å². The van der Waals surface area contributed by atoms with Crippen LogP contribution in [-0.2, 0) is 9.53 Å². The number of anilines is 1. The third-order valence-corrected chi connectivity index (χ3v) is 2.88. The van der Waals surface area contributed by atoms with E-state index in [1.807, 2.05) is 19.9 Å². The van der Waals surface area contributed by atoms with Gasteiger partial charge in [-0.15, -0.1) is 0 Å². The molecule has 0 amide bonds. The van der Waals surface area contributed by atoms with Gasteiger partial charge in [-0.05, 0) is 50.5 Å². The van der Waals surface area contributed by atoms with Crippen molar-refractivity contribution < 1.29 is 9.53 Å². The molecular formula is C15H21NO2. The van der Waals surface area contributed by atoms with E-state index < -0.39 is 0 Å². The fourth-order valence-corrected chi connectivity index (χ4v) is 1.75. The predicted molar refractivity (Wildman–Crippen MR) is 74.9 cm³/mol. The van der Waals surface area contributed by atoms with Crippen LogP contribution in [0.1, 0.15) is 23.6 Å². The molecule has 0 saturated carbocycles. The lowest BCUT2D eigenvalue weighted by Gasteiger charge is -2.17. The first-order chi connectivity index (χ1) is 8.45. The summed E-state index contributed by atoms with van der Waals surface area (Å²) in [7, 11) is 0. The van der Waals surface area contributed by atoms with Crippen LogP contribution in [0.4, 0.5) is 5.69 Å². The largest absolute Gasteiger partial charge is 0.460 e. The van der Waals surface area contributed by atoms with Gasteiger partial charge in [0.15, 0.2) is 0 Å². The Bertz CT molecular complexity index is 452. The smallest absolute Gasteiger partial charge is 0.328 e. The number of carbonyl (C=O) groups excluding carboxylic acids is 1. The number of hydrogen-bond donors (Lipinski definition) is 1. The summed E-state index contributed by atoms with van der Waals surface area (Å²) in [5.41, 5.74) is 4.52. The molecule has 18 heavy (non-hydrogen) atoms. The zero-order valence-corrected chi connectivity index (χ0v) is 11.5. The van der Waals surface area contributed by atoms with Crippen LogP contribution in [-0.4, -0.2) is 18.6 Å². The molecule has 0 radical (unpaired) electrons. The molecule has 0 fully saturated rings. The van der Waals surface area contributed by atoms with Crippen molar-refractivity contribution in [1.29, 1.82) is 0 Å². The number of hydrogen-bond acceptors (Lipinski definition) is 3. The molecule has 0 spiro atoms. The van der Waals surface area contributed by atoms with Gasteiger partial charge in [-0.1, -0.05) is 18.7 Å². The van der Waals surface area contributed by atoms with E-state index >= 15 is 0 Å². The summed E-state index contributed by atoms with van der Waals surface area (Å²) < 4.78 is 5.01. The van der Waals surface area contributed by atoms with Gasteiger partial charge in [0.2, 0.25) is 0 Å². The van der Waals surface area contributed by atoms with Crippen LogP contribution in [0, 0.1) is 20.8 Å². The quantitative estimate of drug-likeness (QED) is 0.641. The van der Waals surface area contributed by atoms with Crippen LogP contribution in [0.25, 0.3) is 0 Å². The number of carbonyl (C=O) groups is 1. The minimum absolute atomic E-state index is 0.247. The number of esters is 1. The maximum atomic E-state index is 11.7. The van der Waals surface area contributed by atoms with Gasteiger partial charge in [0.25, 0.3) is 0 Å². The average Bonchev–Trinajstić information content (AvgIpc) is 2.32. The second-order valence-electron chi connectivity index (χ2n) is 4.54. The lowest BCUT2D eigenvalue weighted by Crippen LogP contribution is -2.28. The Morgan fingerprint density at radius 1 is 1.44 bits per heavy atom. The maximum absolute atomic E-state index is 11.7. The van der Waals surface area contributed by atoms with Gasteiger partial charge in [-0.2, -0.15) is 0 Å². The monoisotopic (exact) mass is 247 g/mol. The fraction of sp³-hybridized carbons (Fsp3) is 0.400. The fourth-order valence-electron chi connectivity index (χ4n) is 1.75. The highest BCUT2D eigenvalue weighted by Gasteiger charge is 2.15. The Morgan fingerprint density at radius 2 is 2.11 bits per heavy atom. The summed E-state index contributed by atoms with van der Waals surface area (Å²) in [6, 6.07) is 3.80. The van der Waals surface area contributed by atoms with Crippen molar-refractivity contribution in [2.75, 3.05) is 11.9 Å². The van der Waals surface area contributed by atoms with E-state index in [9.17, 15) is 4.79 Å². The normalized spacial score (nSPS) is 11.8. The van der Waals surface area contributed by atoms with E-state index in [1.165, 1.54) is 11.1 Å². The highest BCUT2D eigenvalue weighted by Crippen LogP contribution is 2.21. The second kappa shape index (κ2) is 6.24. The zero-order valence-electron chi connectivity index (χ0n) is 11.5. The van der Waals surface area contributed by atoms with Crippen molar-refractivity contribution in [3.63, 3.8) is 0 Å². The van der Waals surface area contributed by atoms with Crippen LogP contribution in [0.5, 0.6) is 0 Å². The summed E-state index contributed by atoms with van der Waals surface area (Å²) in [5.74, 6) is -0.270. The minimum atomic E-state index is -0.371. The standard InChI is InChI=1S/C15H21NO2/c1-6-7-18-15(17)13(5)16-14-9-10(2)8-11(3)12(14)4/h6,8-9,13,16H,1,7H2,2-5H3/t13-/m0/s1. The molecular weight excluding hydrogens is 226 g/mol. The number of benzene rings is 1.